The Bertz CT molecular complexity index is 698. The zero-order valence-electron chi connectivity index (χ0n) is 13.8. The molecule has 0 radical (unpaired) electrons. The first-order valence-electron chi connectivity index (χ1n) is 7.84. The molecule has 1 amide bonds. The van der Waals surface area contributed by atoms with E-state index in [1.165, 1.54) is 16.4 Å². The molecular weight excluding hydrogens is 332 g/mol. The van der Waals surface area contributed by atoms with Crippen molar-refractivity contribution in [3.8, 4) is 0 Å². The Morgan fingerprint density at radius 3 is 2.46 bits per heavy atom. The summed E-state index contributed by atoms with van der Waals surface area (Å²) >= 11 is 0. The number of sulfonamides is 1. The topological polar surface area (TPSA) is 92.8 Å². The van der Waals surface area contributed by atoms with Crippen LogP contribution in [0.3, 0.4) is 0 Å². The van der Waals surface area contributed by atoms with Crippen LogP contribution in [-0.4, -0.2) is 45.7 Å². The summed E-state index contributed by atoms with van der Waals surface area (Å²) in [6.45, 7) is 4.56. The monoisotopic (exact) mass is 354 g/mol. The number of rotatable bonds is 6. The number of benzene rings is 1. The largest absolute Gasteiger partial charge is 0.452 e. The number of carbonyl (C=O) groups is 2. The Hall–Kier alpha value is -2.09. The summed E-state index contributed by atoms with van der Waals surface area (Å²) in [5.41, 5.74) is 0.797. The van der Waals surface area contributed by atoms with Gasteiger partial charge in [-0.1, -0.05) is 13.8 Å². The minimum absolute atomic E-state index is 0.141. The van der Waals surface area contributed by atoms with Crippen LogP contribution in [0.1, 0.15) is 30.6 Å². The maximum Gasteiger partial charge on any atom is 0.338 e. The molecule has 8 heteroatoms. The molecule has 1 aromatic carbocycles. The van der Waals surface area contributed by atoms with Crippen molar-refractivity contribution in [1.29, 1.82) is 0 Å². The van der Waals surface area contributed by atoms with E-state index in [4.69, 9.17) is 4.74 Å². The van der Waals surface area contributed by atoms with Crippen LogP contribution in [-0.2, 0) is 19.6 Å². The van der Waals surface area contributed by atoms with Crippen LogP contribution >= 0.6 is 0 Å². The lowest BCUT2D eigenvalue weighted by Gasteiger charge is -2.16. The summed E-state index contributed by atoms with van der Waals surface area (Å²) in [5, 5.41) is 2.65. The lowest BCUT2D eigenvalue weighted by atomic mass is 10.2. The van der Waals surface area contributed by atoms with Crippen LogP contribution in [0, 0.1) is 5.92 Å². The Labute approximate surface area is 142 Å². The molecule has 0 saturated carbocycles. The van der Waals surface area contributed by atoms with Crippen LogP contribution in [0.15, 0.2) is 24.3 Å². The highest BCUT2D eigenvalue weighted by Gasteiger charge is 2.28. The van der Waals surface area contributed by atoms with Gasteiger partial charge >= 0.3 is 5.97 Å². The highest BCUT2D eigenvalue weighted by atomic mass is 32.2. The van der Waals surface area contributed by atoms with Crippen LogP contribution in [0.2, 0.25) is 0 Å². The number of hydrogen-bond acceptors (Lipinski definition) is 5. The first kappa shape index (κ1) is 18.3. The third kappa shape index (κ3) is 4.70. The van der Waals surface area contributed by atoms with Gasteiger partial charge in [0.2, 0.25) is 10.0 Å². The maximum atomic E-state index is 11.9. The molecule has 7 nitrogen and oxygen atoms in total. The highest BCUT2D eigenvalue weighted by molar-refractivity contribution is 7.93. The third-order valence-corrected chi connectivity index (χ3v) is 5.40. The first-order chi connectivity index (χ1) is 11.3. The van der Waals surface area contributed by atoms with Gasteiger partial charge in [0.1, 0.15) is 0 Å². The molecule has 132 valence electrons. The van der Waals surface area contributed by atoms with Crippen LogP contribution < -0.4 is 9.62 Å². The molecule has 0 spiro atoms. The number of ether oxygens (including phenoxy) is 1. The van der Waals surface area contributed by atoms with Crippen molar-refractivity contribution < 1.29 is 22.7 Å². The van der Waals surface area contributed by atoms with Crippen LogP contribution in [0.5, 0.6) is 0 Å². The fourth-order valence-corrected chi connectivity index (χ4v) is 3.84. The Morgan fingerprint density at radius 2 is 1.92 bits per heavy atom. The summed E-state index contributed by atoms with van der Waals surface area (Å²) < 4.78 is 30.0. The molecule has 0 aromatic heterocycles. The van der Waals surface area contributed by atoms with Crippen LogP contribution in [0.25, 0.3) is 0 Å². The number of anilines is 1. The van der Waals surface area contributed by atoms with Gasteiger partial charge in [0.25, 0.3) is 5.91 Å². The number of carbonyl (C=O) groups excluding carboxylic acids is 2. The number of esters is 1. The average Bonchev–Trinajstić information content (AvgIpc) is 2.90. The summed E-state index contributed by atoms with van der Waals surface area (Å²) in [7, 11) is -3.24. The lowest BCUT2D eigenvalue weighted by molar-refractivity contribution is -0.124. The van der Waals surface area contributed by atoms with Crippen molar-refractivity contribution in [3.05, 3.63) is 29.8 Å². The van der Waals surface area contributed by atoms with Gasteiger partial charge in [-0.3, -0.25) is 9.10 Å². The van der Waals surface area contributed by atoms with E-state index in [1.807, 2.05) is 13.8 Å². The van der Waals surface area contributed by atoms with Gasteiger partial charge < -0.3 is 10.1 Å². The van der Waals surface area contributed by atoms with E-state index in [2.05, 4.69) is 5.32 Å². The molecule has 1 N–H and O–H groups in total. The van der Waals surface area contributed by atoms with Gasteiger partial charge in [0, 0.05) is 13.1 Å². The second-order valence-corrected chi connectivity index (χ2v) is 8.08. The SMILES string of the molecule is CC(C)CNC(=O)COC(=O)c1ccc(N2CCCS2(=O)=O)cc1. The third-order valence-electron chi connectivity index (χ3n) is 3.53. The second kappa shape index (κ2) is 7.65. The lowest BCUT2D eigenvalue weighted by Crippen LogP contribution is -2.31. The minimum Gasteiger partial charge on any atom is -0.452 e. The summed E-state index contributed by atoms with van der Waals surface area (Å²) in [6, 6.07) is 6.13. The molecule has 1 aliphatic rings. The predicted molar refractivity (Wildman–Crippen MR) is 90.3 cm³/mol. The Morgan fingerprint density at radius 1 is 1.25 bits per heavy atom. The highest BCUT2D eigenvalue weighted by Crippen LogP contribution is 2.24. The Balaban J connectivity index is 1.91. The maximum absolute atomic E-state index is 11.9. The molecule has 0 aliphatic carbocycles. The first-order valence-corrected chi connectivity index (χ1v) is 9.45. The van der Waals surface area contributed by atoms with Crippen LogP contribution in [0.4, 0.5) is 5.69 Å². The summed E-state index contributed by atoms with van der Waals surface area (Å²) in [4.78, 5) is 23.4. The van der Waals surface area contributed by atoms with Gasteiger partial charge in [0.15, 0.2) is 6.61 Å². The van der Waals surface area contributed by atoms with Gasteiger partial charge in [-0.2, -0.15) is 0 Å². The molecule has 0 bridgehead atoms. The molecular formula is C16H22N2O5S. The van der Waals surface area contributed by atoms with E-state index >= 15 is 0 Å². The van der Waals surface area contributed by atoms with Crippen molar-refractivity contribution in [2.45, 2.75) is 20.3 Å². The zero-order chi connectivity index (χ0) is 17.7. The molecule has 0 atom stereocenters. The minimum atomic E-state index is -3.24. The van der Waals surface area contributed by atoms with Gasteiger partial charge in [-0.25, -0.2) is 13.2 Å². The van der Waals surface area contributed by atoms with Crippen molar-refractivity contribution in [3.63, 3.8) is 0 Å². The molecule has 1 heterocycles. The molecule has 1 fully saturated rings. The smallest absolute Gasteiger partial charge is 0.338 e. The van der Waals surface area contributed by atoms with E-state index in [0.717, 1.165) is 0 Å². The van der Waals surface area contributed by atoms with Crippen molar-refractivity contribution in [2.75, 3.05) is 29.8 Å². The molecule has 1 aliphatic heterocycles. The normalized spacial score (nSPS) is 16.2. The molecule has 1 aromatic rings. The van der Waals surface area contributed by atoms with Crippen molar-refractivity contribution >= 4 is 27.6 Å². The fraction of sp³-hybridized carbons (Fsp3) is 0.500. The Kier molecular flexibility index (Phi) is 5.82. The molecule has 0 unspecified atom stereocenters. The quantitative estimate of drug-likeness (QED) is 0.774. The van der Waals surface area contributed by atoms with E-state index in [-0.39, 0.29) is 23.8 Å². The second-order valence-electron chi connectivity index (χ2n) is 6.06. The fourth-order valence-electron chi connectivity index (χ4n) is 2.28. The number of hydrogen-bond donors (Lipinski definition) is 1. The molecule has 1 saturated heterocycles. The number of amides is 1. The van der Waals surface area contributed by atoms with E-state index < -0.39 is 16.0 Å². The average molecular weight is 354 g/mol. The standard InChI is InChI=1S/C16H22N2O5S/c1-12(2)10-17-15(19)11-23-16(20)13-4-6-14(7-5-13)18-8-3-9-24(18,21)22/h4-7,12H,3,8-11H2,1-2H3,(H,17,19). The van der Waals surface area contributed by atoms with Crippen molar-refractivity contribution in [2.24, 2.45) is 5.92 Å². The molecule has 24 heavy (non-hydrogen) atoms. The van der Waals surface area contributed by atoms with Gasteiger partial charge in [0.05, 0.1) is 17.0 Å². The summed E-state index contributed by atoms with van der Waals surface area (Å²) in [5.74, 6) is -0.510. The van der Waals surface area contributed by atoms with E-state index in [1.54, 1.807) is 12.1 Å². The number of nitrogens with one attached hydrogen (secondary N) is 1. The summed E-state index contributed by atoms with van der Waals surface area (Å²) in [6.07, 6.45) is 0.595. The van der Waals surface area contributed by atoms with E-state index in [0.29, 0.717) is 31.1 Å². The number of nitrogens with zero attached hydrogens (tertiary/aromatic N) is 1. The van der Waals surface area contributed by atoms with Gasteiger partial charge in [-0.15, -0.1) is 0 Å². The van der Waals surface area contributed by atoms with E-state index in [9.17, 15) is 18.0 Å². The predicted octanol–water partition coefficient (Wildman–Crippen LogP) is 1.16. The van der Waals surface area contributed by atoms with Gasteiger partial charge in [-0.05, 0) is 36.6 Å². The molecule has 2 rings (SSSR count). The zero-order valence-corrected chi connectivity index (χ0v) is 14.6. The van der Waals surface area contributed by atoms with Crippen molar-refractivity contribution in [1.82, 2.24) is 5.32 Å².